The van der Waals surface area contributed by atoms with Crippen molar-refractivity contribution >= 4 is 11.6 Å². The highest BCUT2D eigenvalue weighted by Crippen LogP contribution is 2.20. The minimum absolute atomic E-state index is 0.0508. The van der Waals surface area contributed by atoms with Crippen molar-refractivity contribution in [2.45, 2.75) is 52.2 Å². The number of carbonyl (C=O) groups excluding carboxylic acids is 1. The van der Waals surface area contributed by atoms with Gasteiger partial charge in [0, 0.05) is 6.04 Å². The molecule has 2 unspecified atom stereocenters. The average Bonchev–Trinajstić information content (AvgIpc) is 2.71. The van der Waals surface area contributed by atoms with Crippen LogP contribution in [0, 0.1) is 13.8 Å². The summed E-state index contributed by atoms with van der Waals surface area (Å²) in [6.45, 7) is 6.73. The lowest BCUT2D eigenvalue weighted by Crippen LogP contribution is -2.48. The minimum atomic E-state index is -0.402. The summed E-state index contributed by atoms with van der Waals surface area (Å²) in [6, 6.07) is 0.0843. The number of aromatic nitrogens is 2. The number of hydrogen-bond acceptors (Lipinski definition) is 4. The Morgan fingerprint density at radius 1 is 1.55 bits per heavy atom. The van der Waals surface area contributed by atoms with E-state index < -0.39 is 6.10 Å². The van der Waals surface area contributed by atoms with Gasteiger partial charge in [0.2, 0.25) is 5.91 Å². The summed E-state index contributed by atoms with van der Waals surface area (Å²) in [5.41, 5.74) is 2.42. The van der Waals surface area contributed by atoms with Crippen molar-refractivity contribution in [3.05, 3.63) is 11.4 Å². The van der Waals surface area contributed by atoms with Gasteiger partial charge < -0.3 is 10.4 Å². The van der Waals surface area contributed by atoms with Crippen LogP contribution in [0.2, 0.25) is 0 Å². The second-order valence-electron chi connectivity index (χ2n) is 5.63. The Morgan fingerprint density at radius 2 is 2.30 bits per heavy atom. The molecule has 1 aliphatic heterocycles. The first kappa shape index (κ1) is 15.0. The molecule has 0 radical (unpaired) electrons. The number of piperidine rings is 1. The number of anilines is 1. The summed E-state index contributed by atoms with van der Waals surface area (Å²) in [4.78, 5) is 14.3. The van der Waals surface area contributed by atoms with Crippen molar-refractivity contribution in [1.29, 1.82) is 0 Å². The molecule has 1 saturated heterocycles. The van der Waals surface area contributed by atoms with E-state index in [0.29, 0.717) is 6.54 Å². The summed E-state index contributed by atoms with van der Waals surface area (Å²) in [7, 11) is 0. The molecule has 3 N–H and O–H groups in total. The standard InChI is InChI=1S/C14H24N4O2/c1-9-14(10(2)17-16-9)15-13(20)8-18-7-5-4-6-12(18)11(3)19/h11-12,19H,4-8H2,1-3H3,(H,15,20)(H,16,17). The molecule has 6 heteroatoms. The summed E-state index contributed by atoms with van der Waals surface area (Å²) in [6.07, 6.45) is 2.75. The summed E-state index contributed by atoms with van der Waals surface area (Å²) in [5, 5.41) is 19.6. The van der Waals surface area contributed by atoms with Crippen molar-refractivity contribution in [3.8, 4) is 0 Å². The smallest absolute Gasteiger partial charge is 0.238 e. The van der Waals surface area contributed by atoms with E-state index in [9.17, 15) is 9.90 Å². The molecule has 2 heterocycles. The molecule has 0 aliphatic carbocycles. The van der Waals surface area contributed by atoms with Gasteiger partial charge in [-0.05, 0) is 40.2 Å². The number of nitrogens with one attached hydrogen (secondary N) is 2. The first-order valence-electron chi connectivity index (χ1n) is 7.22. The second kappa shape index (κ2) is 6.37. The van der Waals surface area contributed by atoms with Crippen LogP contribution in [0.1, 0.15) is 37.6 Å². The number of aromatic amines is 1. The number of nitrogens with zero attached hydrogens (tertiary/aromatic N) is 2. The van der Waals surface area contributed by atoms with Gasteiger partial charge in [0.25, 0.3) is 0 Å². The summed E-state index contributed by atoms with van der Waals surface area (Å²) >= 11 is 0. The third-order valence-corrected chi connectivity index (χ3v) is 3.96. The Labute approximate surface area is 119 Å². The van der Waals surface area contributed by atoms with Gasteiger partial charge in [0.05, 0.1) is 29.7 Å². The van der Waals surface area contributed by atoms with Crippen molar-refractivity contribution in [2.75, 3.05) is 18.4 Å². The first-order chi connectivity index (χ1) is 9.49. The molecule has 1 aromatic heterocycles. The molecule has 1 amide bonds. The Bertz CT molecular complexity index is 450. The van der Waals surface area contributed by atoms with E-state index in [-0.39, 0.29) is 11.9 Å². The zero-order valence-electron chi connectivity index (χ0n) is 12.4. The van der Waals surface area contributed by atoms with Crippen LogP contribution < -0.4 is 5.32 Å². The summed E-state index contributed by atoms with van der Waals surface area (Å²) < 4.78 is 0. The van der Waals surface area contributed by atoms with Crippen molar-refractivity contribution in [3.63, 3.8) is 0 Å². The number of carbonyl (C=O) groups is 1. The van der Waals surface area contributed by atoms with E-state index >= 15 is 0 Å². The molecular formula is C14H24N4O2. The quantitative estimate of drug-likeness (QED) is 0.774. The Hall–Kier alpha value is -1.40. The Kier molecular flexibility index (Phi) is 4.77. The van der Waals surface area contributed by atoms with Crippen LogP contribution in [-0.4, -0.2) is 51.3 Å². The predicted molar refractivity (Wildman–Crippen MR) is 77.6 cm³/mol. The highest BCUT2D eigenvalue weighted by molar-refractivity contribution is 5.93. The normalized spacial score (nSPS) is 21.7. The number of aliphatic hydroxyl groups is 1. The van der Waals surface area contributed by atoms with Crippen molar-refractivity contribution in [1.82, 2.24) is 15.1 Å². The van der Waals surface area contributed by atoms with Gasteiger partial charge in [0.15, 0.2) is 0 Å². The first-order valence-corrected chi connectivity index (χ1v) is 7.22. The maximum atomic E-state index is 12.2. The van der Waals surface area contributed by atoms with E-state index in [0.717, 1.165) is 42.9 Å². The second-order valence-corrected chi connectivity index (χ2v) is 5.63. The van der Waals surface area contributed by atoms with Crippen LogP contribution in [0.5, 0.6) is 0 Å². The van der Waals surface area contributed by atoms with Crippen LogP contribution in [0.4, 0.5) is 5.69 Å². The molecule has 0 saturated carbocycles. The highest BCUT2D eigenvalue weighted by Gasteiger charge is 2.27. The van der Waals surface area contributed by atoms with Gasteiger partial charge >= 0.3 is 0 Å². The highest BCUT2D eigenvalue weighted by atomic mass is 16.3. The van der Waals surface area contributed by atoms with E-state index in [1.807, 2.05) is 13.8 Å². The largest absolute Gasteiger partial charge is 0.392 e. The molecule has 2 rings (SSSR count). The fourth-order valence-corrected chi connectivity index (χ4v) is 2.86. The van der Waals surface area contributed by atoms with Crippen molar-refractivity contribution < 1.29 is 9.90 Å². The molecular weight excluding hydrogens is 256 g/mol. The molecule has 0 aromatic carbocycles. The SMILES string of the molecule is Cc1n[nH]c(C)c1NC(=O)CN1CCCCC1C(C)O. The number of H-pyrrole nitrogens is 1. The molecule has 20 heavy (non-hydrogen) atoms. The molecule has 0 bridgehead atoms. The fourth-order valence-electron chi connectivity index (χ4n) is 2.86. The lowest BCUT2D eigenvalue weighted by Gasteiger charge is -2.36. The van der Waals surface area contributed by atoms with Crippen LogP contribution in [0.3, 0.4) is 0 Å². The fraction of sp³-hybridized carbons (Fsp3) is 0.714. The van der Waals surface area contributed by atoms with Gasteiger partial charge in [-0.2, -0.15) is 5.10 Å². The topological polar surface area (TPSA) is 81.2 Å². The number of rotatable bonds is 4. The third-order valence-electron chi connectivity index (χ3n) is 3.96. The monoisotopic (exact) mass is 280 g/mol. The average molecular weight is 280 g/mol. The van der Waals surface area contributed by atoms with Gasteiger partial charge in [-0.1, -0.05) is 6.42 Å². The lowest BCUT2D eigenvalue weighted by atomic mass is 9.98. The molecule has 6 nitrogen and oxygen atoms in total. The molecule has 1 fully saturated rings. The number of hydrogen-bond donors (Lipinski definition) is 3. The van der Waals surface area contributed by atoms with Gasteiger partial charge in [-0.3, -0.25) is 14.8 Å². The molecule has 1 aliphatic rings. The molecule has 2 atom stereocenters. The van der Waals surface area contributed by atoms with Crippen LogP contribution >= 0.6 is 0 Å². The van der Waals surface area contributed by atoms with Crippen LogP contribution in [0.25, 0.3) is 0 Å². The van der Waals surface area contributed by atoms with Crippen molar-refractivity contribution in [2.24, 2.45) is 0 Å². The van der Waals surface area contributed by atoms with E-state index in [1.54, 1.807) is 6.92 Å². The number of aliphatic hydroxyl groups excluding tert-OH is 1. The summed E-state index contributed by atoms with van der Waals surface area (Å²) in [5.74, 6) is -0.0508. The maximum absolute atomic E-state index is 12.2. The predicted octanol–water partition coefficient (Wildman–Crippen LogP) is 1.20. The molecule has 112 valence electrons. The third kappa shape index (κ3) is 3.37. The lowest BCUT2D eigenvalue weighted by molar-refractivity contribution is -0.118. The van der Waals surface area contributed by atoms with E-state index in [1.165, 1.54) is 0 Å². The maximum Gasteiger partial charge on any atom is 0.238 e. The molecule has 1 aromatic rings. The Morgan fingerprint density at radius 3 is 2.90 bits per heavy atom. The minimum Gasteiger partial charge on any atom is -0.392 e. The van der Waals surface area contributed by atoms with Gasteiger partial charge in [-0.25, -0.2) is 0 Å². The van der Waals surface area contributed by atoms with Gasteiger partial charge in [0.1, 0.15) is 0 Å². The number of aryl methyl sites for hydroxylation is 2. The van der Waals surface area contributed by atoms with E-state index in [4.69, 9.17) is 0 Å². The zero-order chi connectivity index (χ0) is 14.7. The number of amides is 1. The van der Waals surface area contributed by atoms with Gasteiger partial charge in [-0.15, -0.1) is 0 Å². The number of likely N-dealkylation sites (tertiary alicyclic amines) is 1. The zero-order valence-corrected chi connectivity index (χ0v) is 12.4. The Balaban J connectivity index is 1.96. The van der Waals surface area contributed by atoms with Crippen LogP contribution in [-0.2, 0) is 4.79 Å². The van der Waals surface area contributed by atoms with E-state index in [2.05, 4.69) is 20.4 Å². The van der Waals surface area contributed by atoms with Crippen LogP contribution in [0.15, 0.2) is 0 Å². The molecule has 0 spiro atoms.